The Morgan fingerprint density at radius 1 is 1.12 bits per heavy atom. The van der Waals surface area contributed by atoms with Crippen LogP contribution < -0.4 is 10.1 Å². The van der Waals surface area contributed by atoms with Crippen LogP contribution in [-0.4, -0.2) is 42.7 Å². The number of nitrogens with zero attached hydrogens (tertiary/aromatic N) is 1. The summed E-state index contributed by atoms with van der Waals surface area (Å²) in [6.07, 6.45) is -0.453. The summed E-state index contributed by atoms with van der Waals surface area (Å²) < 4.78 is 5.86. The molecule has 2 aromatic rings. The summed E-state index contributed by atoms with van der Waals surface area (Å²) in [6.45, 7) is 7.26. The average Bonchev–Trinajstić information content (AvgIpc) is 2.61. The average molecular weight is 326 g/mol. The van der Waals surface area contributed by atoms with E-state index >= 15 is 0 Å². The molecule has 1 fully saturated rings. The maximum Gasteiger partial charge on any atom is 0.120 e. The molecule has 1 aliphatic heterocycles. The molecule has 1 unspecified atom stereocenters. The molecule has 1 saturated heterocycles. The first-order valence-corrected chi connectivity index (χ1v) is 8.61. The van der Waals surface area contributed by atoms with Crippen molar-refractivity contribution in [3.8, 4) is 5.75 Å². The van der Waals surface area contributed by atoms with Gasteiger partial charge in [0, 0.05) is 32.7 Å². The summed E-state index contributed by atoms with van der Waals surface area (Å²) in [5.74, 6) is 0.842. The molecule has 4 nitrogen and oxygen atoms in total. The second-order valence-corrected chi connectivity index (χ2v) is 6.36. The van der Waals surface area contributed by atoms with E-state index in [0.29, 0.717) is 13.2 Å². The molecule has 128 valence electrons. The van der Waals surface area contributed by atoms with Gasteiger partial charge in [0.15, 0.2) is 0 Å². The van der Waals surface area contributed by atoms with Gasteiger partial charge in [-0.25, -0.2) is 0 Å². The van der Waals surface area contributed by atoms with Gasteiger partial charge < -0.3 is 15.2 Å². The molecule has 3 rings (SSSR count). The Balaban J connectivity index is 1.59. The lowest BCUT2D eigenvalue weighted by molar-refractivity contribution is 0.105. The number of rotatable bonds is 6. The van der Waals surface area contributed by atoms with Crippen molar-refractivity contribution in [2.24, 2.45) is 0 Å². The van der Waals surface area contributed by atoms with Crippen molar-refractivity contribution in [1.82, 2.24) is 10.2 Å². The zero-order valence-corrected chi connectivity index (χ0v) is 14.2. The van der Waals surface area contributed by atoms with Gasteiger partial charge in [-0.15, -0.1) is 0 Å². The van der Waals surface area contributed by atoms with E-state index in [2.05, 4.69) is 22.3 Å². The van der Waals surface area contributed by atoms with Crippen LogP contribution in [0.5, 0.6) is 5.75 Å². The normalized spacial score (nSPS) is 16.8. The Morgan fingerprint density at radius 3 is 2.58 bits per heavy atom. The van der Waals surface area contributed by atoms with E-state index in [1.54, 1.807) is 0 Å². The number of aryl methyl sites for hydroxylation is 1. The van der Waals surface area contributed by atoms with Crippen LogP contribution in [0.1, 0.15) is 22.8 Å². The summed E-state index contributed by atoms with van der Waals surface area (Å²) in [7, 11) is 0. The first kappa shape index (κ1) is 17.0. The number of hydrogen-bond acceptors (Lipinski definition) is 4. The molecule has 0 bridgehead atoms. The lowest BCUT2D eigenvalue weighted by Crippen LogP contribution is -2.45. The Morgan fingerprint density at radius 2 is 1.88 bits per heavy atom. The van der Waals surface area contributed by atoms with Crippen LogP contribution in [0, 0.1) is 6.92 Å². The minimum Gasteiger partial charge on any atom is -0.489 e. The molecule has 2 N–H and O–H groups in total. The van der Waals surface area contributed by atoms with E-state index in [1.807, 2.05) is 43.3 Å². The van der Waals surface area contributed by atoms with Gasteiger partial charge in [0.25, 0.3) is 0 Å². The standard InChI is InChI=1S/C20H26N2O2/c1-16-13-18(24-15-17-5-3-2-4-6-17)7-8-19(16)20(23)14-22-11-9-21-10-12-22/h2-8,13,20-21,23H,9-12,14-15H2,1H3. The SMILES string of the molecule is Cc1cc(OCc2ccccc2)ccc1C(O)CN1CCNCC1. The summed E-state index contributed by atoms with van der Waals surface area (Å²) in [5.41, 5.74) is 3.21. The van der Waals surface area contributed by atoms with Crippen LogP contribution >= 0.6 is 0 Å². The maximum absolute atomic E-state index is 10.5. The van der Waals surface area contributed by atoms with Gasteiger partial charge in [-0.2, -0.15) is 0 Å². The van der Waals surface area contributed by atoms with E-state index in [4.69, 9.17) is 4.74 Å². The van der Waals surface area contributed by atoms with Crippen molar-refractivity contribution in [3.63, 3.8) is 0 Å². The van der Waals surface area contributed by atoms with Gasteiger partial charge in [0.2, 0.25) is 0 Å². The molecule has 2 aromatic carbocycles. The van der Waals surface area contributed by atoms with E-state index < -0.39 is 6.10 Å². The van der Waals surface area contributed by atoms with Gasteiger partial charge in [0.1, 0.15) is 12.4 Å². The third-order valence-electron chi connectivity index (χ3n) is 4.49. The van der Waals surface area contributed by atoms with Gasteiger partial charge in [-0.05, 0) is 35.7 Å². The summed E-state index contributed by atoms with van der Waals surface area (Å²) in [6, 6.07) is 16.1. The van der Waals surface area contributed by atoms with Crippen molar-refractivity contribution in [2.75, 3.05) is 32.7 Å². The van der Waals surface area contributed by atoms with Crippen LogP contribution in [0.15, 0.2) is 48.5 Å². The van der Waals surface area contributed by atoms with Crippen molar-refractivity contribution in [3.05, 3.63) is 65.2 Å². The van der Waals surface area contributed by atoms with E-state index in [-0.39, 0.29) is 0 Å². The third-order valence-corrected chi connectivity index (χ3v) is 4.49. The molecule has 0 amide bonds. The first-order valence-electron chi connectivity index (χ1n) is 8.61. The minimum atomic E-state index is -0.453. The summed E-state index contributed by atoms with van der Waals surface area (Å²) in [4.78, 5) is 2.31. The molecule has 0 aromatic heterocycles. The van der Waals surface area contributed by atoms with E-state index in [9.17, 15) is 5.11 Å². The van der Waals surface area contributed by atoms with Gasteiger partial charge in [0.05, 0.1) is 6.10 Å². The fraction of sp³-hybridized carbons (Fsp3) is 0.400. The molecular weight excluding hydrogens is 300 g/mol. The van der Waals surface area contributed by atoms with Crippen LogP contribution in [0.4, 0.5) is 0 Å². The molecule has 1 heterocycles. The highest BCUT2D eigenvalue weighted by Crippen LogP contribution is 2.24. The number of piperazine rings is 1. The zero-order chi connectivity index (χ0) is 16.8. The first-order chi connectivity index (χ1) is 11.7. The number of nitrogens with one attached hydrogen (secondary N) is 1. The number of aliphatic hydroxyl groups excluding tert-OH is 1. The second kappa shape index (κ2) is 8.29. The van der Waals surface area contributed by atoms with Crippen molar-refractivity contribution in [1.29, 1.82) is 0 Å². The summed E-state index contributed by atoms with van der Waals surface area (Å²) >= 11 is 0. The molecule has 0 saturated carbocycles. The van der Waals surface area contributed by atoms with Crippen molar-refractivity contribution >= 4 is 0 Å². The molecular formula is C20H26N2O2. The van der Waals surface area contributed by atoms with E-state index in [1.165, 1.54) is 0 Å². The van der Waals surface area contributed by atoms with Crippen LogP contribution in [0.25, 0.3) is 0 Å². The molecule has 0 aliphatic carbocycles. The highest BCUT2D eigenvalue weighted by atomic mass is 16.5. The predicted octanol–water partition coefficient (Wildman–Crippen LogP) is 2.51. The topological polar surface area (TPSA) is 44.7 Å². The number of benzene rings is 2. The number of ether oxygens (including phenoxy) is 1. The Kier molecular flexibility index (Phi) is 5.86. The number of aliphatic hydroxyl groups is 1. The van der Waals surface area contributed by atoms with Crippen LogP contribution in [-0.2, 0) is 6.61 Å². The maximum atomic E-state index is 10.5. The highest BCUT2D eigenvalue weighted by molar-refractivity contribution is 5.36. The van der Waals surface area contributed by atoms with Gasteiger partial charge in [-0.1, -0.05) is 36.4 Å². The Bertz CT molecular complexity index is 639. The quantitative estimate of drug-likeness (QED) is 0.856. The molecule has 1 atom stereocenters. The summed E-state index contributed by atoms with van der Waals surface area (Å²) in [5, 5.41) is 13.9. The van der Waals surface area contributed by atoms with Crippen molar-refractivity contribution < 1.29 is 9.84 Å². The fourth-order valence-corrected chi connectivity index (χ4v) is 3.09. The smallest absolute Gasteiger partial charge is 0.120 e. The predicted molar refractivity (Wildman–Crippen MR) is 96.2 cm³/mol. The minimum absolute atomic E-state index is 0.453. The number of hydrogen-bond donors (Lipinski definition) is 2. The lowest BCUT2D eigenvalue weighted by Gasteiger charge is -2.29. The molecule has 1 aliphatic rings. The molecule has 24 heavy (non-hydrogen) atoms. The number of β-amino-alcohol motifs (C(OH)–C–C–N with tert-alkyl or cyclic N) is 1. The monoisotopic (exact) mass is 326 g/mol. The third kappa shape index (κ3) is 4.57. The van der Waals surface area contributed by atoms with Gasteiger partial charge in [-0.3, -0.25) is 4.90 Å². The lowest BCUT2D eigenvalue weighted by atomic mass is 10.0. The highest BCUT2D eigenvalue weighted by Gasteiger charge is 2.17. The van der Waals surface area contributed by atoms with Gasteiger partial charge >= 0.3 is 0 Å². The molecule has 0 spiro atoms. The fourth-order valence-electron chi connectivity index (χ4n) is 3.09. The van der Waals surface area contributed by atoms with Crippen LogP contribution in [0.2, 0.25) is 0 Å². The Hall–Kier alpha value is -1.88. The van der Waals surface area contributed by atoms with Crippen LogP contribution in [0.3, 0.4) is 0 Å². The molecule has 0 radical (unpaired) electrons. The second-order valence-electron chi connectivity index (χ2n) is 6.36. The van der Waals surface area contributed by atoms with Crippen molar-refractivity contribution in [2.45, 2.75) is 19.6 Å². The Labute approximate surface area is 144 Å². The largest absolute Gasteiger partial charge is 0.489 e. The zero-order valence-electron chi connectivity index (χ0n) is 14.2. The van der Waals surface area contributed by atoms with E-state index in [0.717, 1.165) is 48.6 Å². The molecule has 4 heteroatoms.